The fourth-order valence-electron chi connectivity index (χ4n) is 8.64. The first kappa shape index (κ1) is 39.7. The van der Waals surface area contributed by atoms with Crippen LogP contribution in [-0.4, -0.2) is 19.9 Å². The molecule has 0 saturated carbocycles. The van der Waals surface area contributed by atoms with E-state index in [1.54, 1.807) is 0 Å². The molecular formula is C61H39N5. The van der Waals surface area contributed by atoms with Gasteiger partial charge in [-0.2, -0.15) is 5.26 Å². The van der Waals surface area contributed by atoms with E-state index in [0.717, 1.165) is 100 Å². The minimum Gasteiger partial charge on any atom is -0.228 e. The number of nitriles is 1. The summed E-state index contributed by atoms with van der Waals surface area (Å²) in [5.41, 5.74) is 16.5. The van der Waals surface area contributed by atoms with Gasteiger partial charge in [0, 0.05) is 33.4 Å². The van der Waals surface area contributed by atoms with Gasteiger partial charge in [-0.15, -0.1) is 0 Å². The van der Waals surface area contributed by atoms with E-state index in [1.807, 2.05) is 97.1 Å². The highest BCUT2D eigenvalue weighted by Crippen LogP contribution is 2.44. The first-order valence-electron chi connectivity index (χ1n) is 21.9. The molecule has 9 aromatic carbocycles. The monoisotopic (exact) mass is 841 g/mol. The highest BCUT2D eigenvalue weighted by molar-refractivity contribution is 6.11. The molecule has 11 aromatic rings. The van der Waals surface area contributed by atoms with Gasteiger partial charge in [0.2, 0.25) is 0 Å². The third kappa shape index (κ3) is 7.92. The number of aromatic nitrogens is 4. The molecule has 0 saturated heterocycles. The van der Waals surface area contributed by atoms with Crippen molar-refractivity contribution in [3.05, 3.63) is 242 Å². The Labute approximate surface area is 383 Å². The molecule has 2 heterocycles. The Bertz CT molecular complexity index is 3420. The molecule has 0 bridgehead atoms. The van der Waals surface area contributed by atoms with Gasteiger partial charge >= 0.3 is 0 Å². The Hall–Kier alpha value is -9.11. The van der Waals surface area contributed by atoms with Crippen molar-refractivity contribution in [1.82, 2.24) is 19.9 Å². The SMILES string of the molecule is N#Cc1ccc(-c2cc(-c3ccc(-c4nc(-c5ccccc5)cc(-c5ccccc5)n4)cc3)c(-c3ccc(-c4nc(-c5ccccc5)cc(-c5ccccc5)n4)cc3)c3ccccc23)cc1. The smallest absolute Gasteiger partial charge is 0.160 e. The average Bonchev–Trinajstić information content (AvgIpc) is 3.41. The van der Waals surface area contributed by atoms with Crippen LogP contribution in [0.25, 0.3) is 112 Å². The molecule has 5 nitrogen and oxygen atoms in total. The molecule has 0 fully saturated rings. The van der Waals surface area contributed by atoms with E-state index in [2.05, 4.69) is 146 Å². The van der Waals surface area contributed by atoms with Crippen molar-refractivity contribution in [2.45, 2.75) is 0 Å². The zero-order valence-electron chi connectivity index (χ0n) is 35.8. The van der Waals surface area contributed by atoms with Crippen LogP contribution in [0.15, 0.2) is 237 Å². The molecule has 0 amide bonds. The summed E-state index contributed by atoms with van der Waals surface area (Å²) in [6.07, 6.45) is 0. The van der Waals surface area contributed by atoms with E-state index in [9.17, 15) is 5.26 Å². The van der Waals surface area contributed by atoms with Crippen LogP contribution in [0.2, 0.25) is 0 Å². The zero-order chi connectivity index (χ0) is 44.2. The Balaban J connectivity index is 1.05. The van der Waals surface area contributed by atoms with Crippen LogP contribution >= 0.6 is 0 Å². The highest BCUT2D eigenvalue weighted by Gasteiger charge is 2.19. The van der Waals surface area contributed by atoms with Crippen LogP contribution in [0, 0.1) is 11.3 Å². The second-order valence-electron chi connectivity index (χ2n) is 16.1. The highest BCUT2D eigenvalue weighted by atomic mass is 14.9. The maximum atomic E-state index is 9.63. The molecule has 0 N–H and O–H groups in total. The molecule has 0 aliphatic carbocycles. The number of rotatable bonds is 9. The maximum absolute atomic E-state index is 9.63. The Morgan fingerprint density at radius 3 is 1.02 bits per heavy atom. The van der Waals surface area contributed by atoms with Crippen LogP contribution in [0.1, 0.15) is 5.56 Å². The van der Waals surface area contributed by atoms with Crippen molar-refractivity contribution >= 4 is 10.8 Å². The van der Waals surface area contributed by atoms with Gasteiger partial charge in [0.05, 0.1) is 34.4 Å². The summed E-state index contributed by atoms with van der Waals surface area (Å²) in [6, 6.07) is 83.4. The third-order valence-electron chi connectivity index (χ3n) is 12.0. The van der Waals surface area contributed by atoms with Crippen molar-refractivity contribution in [2.75, 3.05) is 0 Å². The van der Waals surface area contributed by atoms with Crippen LogP contribution in [0.4, 0.5) is 0 Å². The molecule has 0 atom stereocenters. The summed E-state index contributed by atoms with van der Waals surface area (Å²) in [5.74, 6) is 1.32. The minimum atomic E-state index is 0.624. The Morgan fingerprint density at radius 2 is 0.606 bits per heavy atom. The Morgan fingerprint density at radius 1 is 0.273 bits per heavy atom. The van der Waals surface area contributed by atoms with E-state index < -0.39 is 0 Å². The zero-order valence-corrected chi connectivity index (χ0v) is 35.8. The molecule has 0 radical (unpaired) electrons. The summed E-state index contributed by atoms with van der Waals surface area (Å²) < 4.78 is 0. The second kappa shape index (κ2) is 17.6. The lowest BCUT2D eigenvalue weighted by atomic mass is 9.85. The van der Waals surface area contributed by atoms with Gasteiger partial charge in [0.25, 0.3) is 0 Å². The number of fused-ring (bicyclic) bond motifs is 1. The van der Waals surface area contributed by atoms with Crippen LogP contribution < -0.4 is 0 Å². The lowest BCUT2D eigenvalue weighted by Crippen LogP contribution is -1.97. The fourth-order valence-corrected chi connectivity index (χ4v) is 8.64. The number of benzene rings is 9. The molecule has 66 heavy (non-hydrogen) atoms. The maximum Gasteiger partial charge on any atom is 0.160 e. The topological polar surface area (TPSA) is 75.3 Å². The number of nitrogens with zero attached hydrogens (tertiary/aromatic N) is 5. The largest absolute Gasteiger partial charge is 0.228 e. The second-order valence-corrected chi connectivity index (χ2v) is 16.1. The molecule has 0 unspecified atom stereocenters. The Kier molecular flexibility index (Phi) is 10.6. The van der Waals surface area contributed by atoms with Crippen LogP contribution in [0.5, 0.6) is 0 Å². The van der Waals surface area contributed by atoms with Gasteiger partial charge in [-0.1, -0.05) is 206 Å². The normalized spacial score (nSPS) is 11.0. The average molecular weight is 842 g/mol. The van der Waals surface area contributed by atoms with Gasteiger partial charge in [0.1, 0.15) is 0 Å². The summed E-state index contributed by atoms with van der Waals surface area (Å²) in [5, 5.41) is 11.9. The van der Waals surface area contributed by atoms with Crippen molar-refractivity contribution in [1.29, 1.82) is 5.26 Å². The summed E-state index contributed by atoms with van der Waals surface area (Å²) >= 11 is 0. The first-order chi connectivity index (χ1) is 32.6. The fraction of sp³-hybridized carbons (Fsp3) is 0. The van der Waals surface area contributed by atoms with E-state index >= 15 is 0 Å². The third-order valence-corrected chi connectivity index (χ3v) is 12.0. The van der Waals surface area contributed by atoms with E-state index in [1.165, 1.54) is 0 Å². The molecule has 5 heteroatoms. The summed E-state index contributed by atoms with van der Waals surface area (Å²) in [4.78, 5) is 20.4. The molecule has 11 rings (SSSR count). The number of hydrogen-bond acceptors (Lipinski definition) is 5. The lowest BCUT2D eigenvalue weighted by molar-refractivity contribution is 1.18. The summed E-state index contributed by atoms with van der Waals surface area (Å²) in [7, 11) is 0. The van der Waals surface area contributed by atoms with Gasteiger partial charge < -0.3 is 0 Å². The van der Waals surface area contributed by atoms with Crippen molar-refractivity contribution in [2.24, 2.45) is 0 Å². The van der Waals surface area contributed by atoms with E-state index in [-0.39, 0.29) is 0 Å². The van der Waals surface area contributed by atoms with E-state index in [0.29, 0.717) is 17.2 Å². The molecule has 2 aromatic heterocycles. The molecule has 0 spiro atoms. The van der Waals surface area contributed by atoms with Crippen molar-refractivity contribution in [3.63, 3.8) is 0 Å². The van der Waals surface area contributed by atoms with Crippen LogP contribution in [0.3, 0.4) is 0 Å². The standard InChI is InChI=1S/C61H39N5/c62-40-41-25-27-42(28-26-41)53-37-54(43-29-33-49(34-30-43)60-63-55(44-15-5-1-6-16-44)38-56(64-60)45-17-7-2-8-18-45)59(52-24-14-13-23-51(52)53)48-31-35-50(36-32-48)61-65-57(46-19-9-3-10-20-46)39-58(66-61)47-21-11-4-12-22-47/h1-39H. The first-order valence-corrected chi connectivity index (χ1v) is 21.9. The molecule has 0 aliphatic rings. The van der Waals surface area contributed by atoms with Crippen molar-refractivity contribution < 1.29 is 0 Å². The minimum absolute atomic E-state index is 0.624. The van der Waals surface area contributed by atoms with Gasteiger partial charge in [-0.3, -0.25) is 0 Å². The molecule has 0 aliphatic heterocycles. The predicted molar refractivity (Wildman–Crippen MR) is 269 cm³/mol. The van der Waals surface area contributed by atoms with Crippen molar-refractivity contribution in [3.8, 4) is 107 Å². The quantitative estimate of drug-likeness (QED) is 0.145. The molecule has 308 valence electrons. The van der Waals surface area contributed by atoms with Gasteiger partial charge in [-0.25, -0.2) is 19.9 Å². The predicted octanol–water partition coefficient (Wildman–Crippen LogP) is 15.3. The van der Waals surface area contributed by atoms with Crippen LogP contribution in [-0.2, 0) is 0 Å². The molecular weight excluding hydrogens is 803 g/mol. The van der Waals surface area contributed by atoms with Gasteiger partial charge in [0.15, 0.2) is 11.6 Å². The summed E-state index contributed by atoms with van der Waals surface area (Å²) in [6.45, 7) is 0. The number of hydrogen-bond donors (Lipinski definition) is 0. The lowest BCUT2D eigenvalue weighted by Gasteiger charge is -2.19. The van der Waals surface area contributed by atoms with E-state index in [4.69, 9.17) is 19.9 Å². The van der Waals surface area contributed by atoms with Gasteiger partial charge in [-0.05, 0) is 74.5 Å².